The summed E-state index contributed by atoms with van der Waals surface area (Å²) in [7, 11) is 0. The van der Waals surface area contributed by atoms with E-state index in [1.165, 1.54) is 16.9 Å². The molecule has 2 fully saturated rings. The predicted molar refractivity (Wildman–Crippen MR) is 104 cm³/mol. The van der Waals surface area contributed by atoms with E-state index in [-0.39, 0.29) is 12.5 Å². The van der Waals surface area contributed by atoms with Crippen molar-refractivity contribution in [2.24, 2.45) is 5.92 Å². The minimum absolute atomic E-state index is 0.180. The highest BCUT2D eigenvalue weighted by Crippen LogP contribution is 2.41. The molecule has 1 saturated heterocycles. The fourth-order valence-electron chi connectivity index (χ4n) is 3.77. The Kier molecular flexibility index (Phi) is 5.74. The Labute approximate surface area is 163 Å². The molecule has 1 aromatic carbocycles. The molecule has 0 radical (unpaired) electrons. The number of likely N-dealkylation sites (tertiary alicyclic amines) is 1. The van der Waals surface area contributed by atoms with Gasteiger partial charge in [-0.3, -0.25) is 4.90 Å². The quantitative estimate of drug-likeness (QED) is 0.739. The van der Waals surface area contributed by atoms with E-state index in [0.717, 1.165) is 18.5 Å². The lowest BCUT2D eigenvalue weighted by molar-refractivity contribution is 0.00934. The van der Waals surface area contributed by atoms with Crippen molar-refractivity contribution < 1.29 is 13.9 Å². The average molecular weight is 389 g/mol. The maximum Gasteiger partial charge on any atom is 0.412 e. The van der Waals surface area contributed by atoms with Gasteiger partial charge in [-0.15, -0.1) is 0 Å². The fraction of sp³-hybridized carbons (Fsp3) is 0.476. The van der Waals surface area contributed by atoms with E-state index in [1.54, 1.807) is 11.3 Å². The van der Waals surface area contributed by atoms with E-state index in [4.69, 9.17) is 4.74 Å². The molecule has 2 unspecified atom stereocenters. The molecule has 1 amide bonds. The summed E-state index contributed by atoms with van der Waals surface area (Å²) < 4.78 is 19.8. The standard InChI is InChI=1S/C21H25FN2O2S/c22-20-10-16(12-23-19-11-18(19)17-7-9-27-14-17)6-8-24(20)21(25)26-13-15-4-2-1-3-5-15/h1-5,7,9,14,16,18-20,23H,6,8,10-13H2/t16?,18-,19+,20?/m0/s1. The molecule has 4 atom stereocenters. The third-order valence-corrected chi connectivity index (χ3v) is 6.22. The van der Waals surface area contributed by atoms with Crippen LogP contribution in [-0.4, -0.2) is 36.4 Å². The summed E-state index contributed by atoms with van der Waals surface area (Å²) in [6.45, 7) is 1.41. The van der Waals surface area contributed by atoms with Crippen LogP contribution in [0.15, 0.2) is 47.2 Å². The normalized spacial score (nSPS) is 27.4. The number of alkyl halides is 1. The SMILES string of the molecule is O=C(OCc1ccccc1)N1CCC(CN[C@@H]2C[C@H]2c2ccsc2)CC1F. The van der Waals surface area contributed by atoms with E-state index < -0.39 is 12.4 Å². The van der Waals surface area contributed by atoms with Gasteiger partial charge in [-0.1, -0.05) is 30.3 Å². The van der Waals surface area contributed by atoms with Crippen LogP contribution in [0.25, 0.3) is 0 Å². The minimum Gasteiger partial charge on any atom is -0.444 e. The number of carbonyl (C=O) groups is 1. The molecule has 144 valence electrons. The highest BCUT2D eigenvalue weighted by Gasteiger charge is 2.39. The molecule has 1 aliphatic heterocycles. The summed E-state index contributed by atoms with van der Waals surface area (Å²) >= 11 is 1.74. The van der Waals surface area contributed by atoms with Crippen LogP contribution in [0.4, 0.5) is 9.18 Å². The number of thiophene rings is 1. The summed E-state index contributed by atoms with van der Waals surface area (Å²) in [4.78, 5) is 13.4. The first-order valence-corrected chi connectivity index (χ1v) is 10.5. The van der Waals surface area contributed by atoms with Crippen molar-refractivity contribution in [3.63, 3.8) is 0 Å². The average Bonchev–Trinajstić information content (AvgIpc) is 3.26. The second-order valence-corrected chi connectivity index (χ2v) is 8.25. The van der Waals surface area contributed by atoms with Gasteiger partial charge in [0, 0.05) is 24.9 Å². The van der Waals surface area contributed by atoms with Gasteiger partial charge in [0.1, 0.15) is 6.61 Å². The molecule has 1 aromatic heterocycles. The summed E-state index contributed by atoms with van der Waals surface area (Å²) in [6, 6.07) is 12.2. The molecular formula is C21H25FN2O2S. The molecule has 1 saturated carbocycles. The van der Waals surface area contributed by atoms with Crippen molar-refractivity contribution in [1.82, 2.24) is 10.2 Å². The van der Waals surface area contributed by atoms with Crippen LogP contribution < -0.4 is 5.32 Å². The highest BCUT2D eigenvalue weighted by molar-refractivity contribution is 7.08. The Morgan fingerprint density at radius 3 is 2.85 bits per heavy atom. The molecule has 0 spiro atoms. The molecular weight excluding hydrogens is 363 g/mol. The lowest BCUT2D eigenvalue weighted by Gasteiger charge is -2.34. The number of nitrogens with zero attached hydrogens (tertiary/aromatic N) is 1. The Morgan fingerprint density at radius 2 is 2.11 bits per heavy atom. The number of hydrogen-bond acceptors (Lipinski definition) is 4. The van der Waals surface area contributed by atoms with Crippen molar-refractivity contribution in [2.75, 3.05) is 13.1 Å². The number of hydrogen-bond donors (Lipinski definition) is 1. The second-order valence-electron chi connectivity index (χ2n) is 7.47. The first kappa shape index (κ1) is 18.4. The van der Waals surface area contributed by atoms with Crippen LogP contribution in [0.5, 0.6) is 0 Å². The number of halogens is 1. The number of carbonyl (C=O) groups excluding carboxylic acids is 1. The smallest absolute Gasteiger partial charge is 0.412 e. The third kappa shape index (κ3) is 4.68. The summed E-state index contributed by atoms with van der Waals surface area (Å²) in [6.07, 6.45) is 0.533. The number of rotatable bonds is 6. The Morgan fingerprint density at radius 1 is 1.26 bits per heavy atom. The van der Waals surface area contributed by atoms with Gasteiger partial charge < -0.3 is 10.1 Å². The van der Waals surface area contributed by atoms with Gasteiger partial charge in [-0.2, -0.15) is 11.3 Å². The molecule has 0 bridgehead atoms. The summed E-state index contributed by atoms with van der Waals surface area (Å²) in [5.41, 5.74) is 2.32. The molecule has 1 aliphatic carbocycles. The number of amides is 1. The van der Waals surface area contributed by atoms with E-state index in [2.05, 4.69) is 22.1 Å². The van der Waals surface area contributed by atoms with Gasteiger partial charge >= 0.3 is 6.09 Å². The van der Waals surface area contributed by atoms with Crippen LogP contribution in [0.1, 0.15) is 36.3 Å². The van der Waals surface area contributed by atoms with Crippen molar-refractivity contribution in [1.29, 1.82) is 0 Å². The molecule has 4 nitrogen and oxygen atoms in total. The van der Waals surface area contributed by atoms with Crippen LogP contribution in [0.3, 0.4) is 0 Å². The Hall–Kier alpha value is -1.92. The monoisotopic (exact) mass is 388 g/mol. The van der Waals surface area contributed by atoms with Crippen LogP contribution in [0.2, 0.25) is 0 Å². The van der Waals surface area contributed by atoms with E-state index in [9.17, 15) is 9.18 Å². The first-order chi connectivity index (χ1) is 13.2. The zero-order valence-electron chi connectivity index (χ0n) is 15.2. The van der Waals surface area contributed by atoms with E-state index in [1.807, 2.05) is 30.3 Å². The second kappa shape index (κ2) is 8.40. The minimum atomic E-state index is -1.26. The summed E-state index contributed by atoms with van der Waals surface area (Å²) in [5, 5.41) is 7.91. The van der Waals surface area contributed by atoms with Crippen LogP contribution in [0, 0.1) is 5.92 Å². The van der Waals surface area contributed by atoms with Gasteiger partial charge in [-0.05, 0) is 53.3 Å². The van der Waals surface area contributed by atoms with Crippen LogP contribution >= 0.6 is 11.3 Å². The van der Waals surface area contributed by atoms with Crippen molar-refractivity contribution in [2.45, 2.75) is 44.1 Å². The van der Waals surface area contributed by atoms with Gasteiger partial charge in [-0.25, -0.2) is 9.18 Å². The molecule has 27 heavy (non-hydrogen) atoms. The van der Waals surface area contributed by atoms with Crippen molar-refractivity contribution in [3.8, 4) is 0 Å². The fourth-order valence-corrected chi connectivity index (χ4v) is 4.49. The lowest BCUT2D eigenvalue weighted by atomic mass is 9.96. The largest absolute Gasteiger partial charge is 0.444 e. The number of nitrogens with one attached hydrogen (secondary N) is 1. The number of benzene rings is 1. The number of ether oxygens (including phenoxy) is 1. The predicted octanol–water partition coefficient (Wildman–Crippen LogP) is 4.54. The lowest BCUT2D eigenvalue weighted by Crippen LogP contribution is -2.46. The maximum absolute atomic E-state index is 14.5. The van der Waals surface area contributed by atoms with E-state index >= 15 is 0 Å². The third-order valence-electron chi connectivity index (χ3n) is 5.51. The van der Waals surface area contributed by atoms with Gasteiger partial charge in [0.05, 0.1) is 0 Å². The van der Waals surface area contributed by atoms with Gasteiger partial charge in [0.25, 0.3) is 0 Å². The topological polar surface area (TPSA) is 41.6 Å². The first-order valence-electron chi connectivity index (χ1n) is 9.57. The van der Waals surface area contributed by atoms with Gasteiger partial charge in [0.15, 0.2) is 6.30 Å². The molecule has 2 aromatic rings. The molecule has 4 rings (SSSR count). The molecule has 1 N–H and O–H groups in total. The van der Waals surface area contributed by atoms with E-state index in [0.29, 0.717) is 24.9 Å². The molecule has 2 heterocycles. The molecule has 6 heteroatoms. The Balaban J connectivity index is 1.18. The Bertz CT molecular complexity index is 740. The summed E-state index contributed by atoms with van der Waals surface area (Å²) in [5.74, 6) is 0.882. The maximum atomic E-state index is 14.5. The zero-order valence-corrected chi connectivity index (χ0v) is 16.0. The number of piperidine rings is 1. The van der Waals surface area contributed by atoms with Crippen molar-refractivity contribution in [3.05, 3.63) is 58.3 Å². The van der Waals surface area contributed by atoms with Crippen LogP contribution in [-0.2, 0) is 11.3 Å². The molecule has 2 aliphatic rings. The highest BCUT2D eigenvalue weighted by atomic mass is 32.1. The zero-order chi connectivity index (χ0) is 18.6. The van der Waals surface area contributed by atoms with Crippen molar-refractivity contribution >= 4 is 17.4 Å². The van der Waals surface area contributed by atoms with Gasteiger partial charge in [0.2, 0.25) is 0 Å².